The Bertz CT molecular complexity index is 774. The number of hydrogen-bond acceptors (Lipinski definition) is 4. The van der Waals surface area contributed by atoms with Crippen LogP contribution in [0.4, 0.5) is 4.39 Å². The van der Waals surface area contributed by atoms with Crippen LogP contribution < -0.4 is 0 Å². The van der Waals surface area contributed by atoms with Crippen molar-refractivity contribution in [2.45, 2.75) is 11.3 Å². The van der Waals surface area contributed by atoms with Gasteiger partial charge in [-0.1, -0.05) is 42.1 Å². The van der Waals surface area contributed by atoms with Gasteiger partial charge in [0.1, 0.15) is 5.82 Å². The minimum atomic E-state index is -0.563. The summed E-state index contributed by atoms with van der Waals surface area (Å²) in [5.41, 5.74) is 1.68. The van der Waals surface area contributed by atoms with Gasteiger partial charge in [-0.05, 0) is 29.8 Å². The highest BCUT2D eigenvalue weighted by Crippen LogP contribution is 2.26. The molecule has 0 spiro atoms. The zero-order valence-corrected chi connectivity index (χ0v) is 13.4. The van der Waals surface area contributed by atoms with Crippen molar-refractivity contribution < 1.29 is 9.50 Å². The van der Waals surface area contributed by atoms with E-state index < -0.39 is 6.10 Å². The Hall–Kier alpha value is -2.18. The second-order valence-electron chi connectivity index (χ2n) is 5.11. The van der Waals surface area contributed by atoms with Crippen LogP contribution in [0.2, 0.25) is 0 Å². The number of thioether (sulfide) groups is 1. The number of aromatic nitrogens is 3. The summed E-state index contributed by atoms with van der Waals surface area (Å²) < 4.78 is 14.8. The van der Waals surface area contributed by atoms with Crippen LogP contribution in [0.15, 0.2) is 59.8 Å². The number of halogens is 1. The third kappa shape index (κ3) is 3.60. The van der Waals surface area contributed by atoms with Gasteiger partial charge < -0.3 is 9.67 Å². The van der Waals surface area contributed by atoms with Crippen molar-refractivity contribution in [1.82, 2.24) is 14.8 Å². The highest BCUT2D eigenvalue weighted by molar-refractivity contribution is 7.99. The van der Waals surface area contributed by atoms with Gasteiger partial charge in [0.05, 0.1) is 6.10 Å². The van der Waals surface area contributed by atoms with Crippen molar-refractivity contribution in [1.29, 1.82) is 0 Å². The fourth-order valence-corrected chi connectivity index (χ4v) is 3.09. The van der Waals surface area contributed by atoms with E-state index in [1.807, 2.05) is 41.9 Å². The lowest BCUT2D eigenvalue weighted by Gasteiger charge is -2.10. The van der Waals surface area contributed by atoms with Crippen LogP contribution in [-0.2, 0) is 7.05 Å². The quantitative estimate of drug-likeness (QED) is 0.729. The summed E-state index contributed by atoms with van der Waals surface area (Å²) in [7, 11) is 1.86. The lowest BCUT2D eigenvalue weighted by Crippen LogP contribution is -2.02. The molecule has 4 nitrogen and oxygen atoms in total. The third-order valence-corrected chi connectivity index (χ3v) is 4.59. The second kappa shape index (κ2) is 6.93. The number of aliphatic hydroxyl groups is 1. The van der Waals surface area contributed by atoms with Crippen LogP contribution in [0.3, 0.4) is 0 Å². The number of hydrogen-bond donors (Lipinski definition) is 1. The van der Waals surface area contributed by atoms with E-state index in [4.69, 9.17) is 0 Å². The number of aliphatic hydroxyl groups excluding tert-OH is 1. The molecule has 0 saturated heterocycles. The van der Waals surface area contributed by atoms with Crippen LogP contribution in [0.5, 0.6) is 0 Å². The average molecular weight is 329 g/mol. The van der Waals surface area contributed by atoms with Crippen molar-refractivity contribution in [3.8, 4) is 11.4 Å². The molecule has 0 aliphatic heterocycles. The molecule has 1 atom stereocenters. The topological polar surface area (TPSA) is 50.9 Å². The van der Waals surface area contributed by atoms with E-state index in [1.54, 1.807) is 12.1 Å². The van der Waals surface area contributed by atoms with E-state index in [-0.39, 0.29) is 5.82 Å². The van der Waals surface area contributed by atoms with Crippen molar-refractivity contribution in [2.24, 2.45) is 7.05 Å². The molecule has 23 heavy (non-hydrogen) atoms. The van der Waals surface area contributed by atoms with E-state index in [1.165, 1.54) is 23.9 Å². The van der Waals surface area contributed by atoms with Gasteiger partial charge in [0.15, 0.2) is 11.0 Å². The van der Waals surface area contributed by atoms with Gasteiger partial charge in [0, 0.05) is 18.4 Å². The average Bonchev–Trinajstić information content (AvgIpc) is 2.95. The summed E-state index contributed by atoms with van der Waals surface area (Å²) in [4.78, 5) is 0. The van der Waals surface area contributed by atoms with Crippen molar-refractivity contribution >= 4 is 11.8 Å². The number of nitrogens with zero attached hydrogens (tertiary/aromatic N) is 3. The van der Waals surface area contributed by atoms with Gasteiger partial charge in [-0.15, -0.1) is 10.2 Å². The molecule has 0 fully saturated rings. The first-order valence-corrected chi connectivity index (χ1v) is 8.15. The van der Waals surface area contributed by atoms with Gasteiger partial charge in [0.25, 0.3) is 0 Å². The SMILES string of the molecule is Cn1c(SCC(O)c2ccccc2)nnc1-c1ccc(F)cc1. The standard InChI is InChI=1S/C17H16FN3OS/c1-21-16(13-7-9-14(18)10-8-13)19-20-17(21)23-11-15(22)12-5-3-2-4-6-12/h2-10,15,22H,11H2,1H3. The summed E-state index contributed by atoms with van der Waals surface area (Å²) in [6.07, 6.45) is -0.563. The van der Waals surface area contributed by atoms with E-state index in [0.29, 0.717) is 16.7 Å². The predicted molar refractivity (Wildman–Crippen MR) is 88.5 cm³/mol. The highest BCUT2D eigenvalue weighted by atomic mass is 32.2. The summed E-state index contributed by atoms with van der Waals surface area (Å²) in [6.45, 7) is 0. The minimum Gasteiger partial charge on any atom is -0.388 e. The molecule has 1 aromatic heterocycles. The fourth-order valence-electron chi connectivity index (χ4n) is 2.22. The largest absolute Gasteiger partial charge is 0.388 e. The molecule has 0 aliphatic carbocycles. The molecule has 2 aromatic carbocycles. The molecule has 0 saturated carbocycles. The maximum absolute atomic E-state index is 13.0. The first-order valence-electron chi connectivity index (χ1n) is 7.16. The Balaban J connectivity index is 1.71. The van der Waals surface area contributed by atoms with Gasteiger partial charge in [-0.25, -0.2) is 4.39 Å². The lowest BCUT2D eigenvalue weighted by molar-refractivity contribution is 0.204. The van der Waals surface area contributed by atoms with Crippen molar-refractivity contribution in [3.63, 3.8) is 0 Å². The highest BCUT2D eigenvalue weighted by Gasteiger charge is 2.14. The van der Waals surface area contributed by atoms with E-state index in [2.05, 4.69) is 10.2 Å². The molecular weight excluding hydrogens is 313 g/mol. The minimum absolute atomic E-state index is 0.281. The maximum Gasteiger partial charge on any atom is 0.191 e. The van der Waals surface area contributed by atoms with E-state index >= 15 is 0 Å². The summed E-state index contributed by atoms with van der Waals surface area (Å²) in [6, 6.07) is 15.7. The summed E-state index contributed by atoms with van der Waals surface area (Å²) in [5.74, 6) is 0.873. The second-order valence-corrected chi connectivity index (χ2v) is 6.10. The van der Waals surface area contributed by atoms with Gasteiger partial charge in [-0.2, -0.15) is 0 Å². The molecule has 0 radical (unpaired) electrons. The fraction of sp³-hybridized carbons (Fsp3) is 0.176. The molecule has 0 amide bonds. The Labute approximate surface area is 138 Å². The van der Waals surface area contributed by atoms with Gasteiger partial charge >= 0.3 is 0 Å². The molecular formula is C17H16FN3OS. The summed E-state index contributed by atoms with van der Waals surface area (Å²) >= 11 is 1.43. The van der Waals surface area contributed by atoms with Crippen LogP contribution in [-0.4, -0.2) is 25.6 Å². The van der Waals surface area contributed by atoms with E-state index in [0.717, 1.165) is 11.1 Å². The van der Waals surface area contributed by atoms with Gasteiger partial charge in [-0.3, -0.25) is 0 Å². The van der Waals surface area contributed by atoms with Crippen LogP contribution >= 0.6 is 11.8 Å². The molecule has 1 heterocycles. The Kier molecular flexibility index (Phi) is 4.73. The molecule has 0 aliphatic rings. The van der Waals surface area contributed by atoms with Crippen molar-refractivity contribution in [3.05, 3.63) is 66.0 Å². The van der Waals surface area contributed by atoms with Crippen LogP contribution in [0, 0.1) is 5.82 Å². The zero-order valence-electron chi connectivity index (χ0n) is 12.6. The Morgan fingerprint density at radius 3 is 2.48 bits per heavy atom. The molecule has 1 N–H and O–H groups in total. The molecule has 6 heteroatoms. The number of benzene rings is 2. The number of rotatable bonds is 5. The molecule has 3 rings (SSSR count). The lowest BCUT2D eigenvalue weighted by atomic mass is 10.1. The van der Waals surface area contributed by atoms with Crippen molar-refractivity contribution in [2.75, 3.05) is 5.75 Å². The first-order chi connectivity index (χ1) is 11.1. The van der Waals surface area contributed by atoms with Crippen LogP contribution in [0.25, 0.3) is 11.4 Å². The van der Waals surface area contributed by atoms with Crippen LogP contribution in [0.1, 0.15) is 11.7 Å². The normalized spacial score (nSPS) is 12.3. The monoisotopic (exact) mass is 329 g/mol. The third-order valence-electron chi connectivity index (χ3n) is 3.49. The molecule has 1 unspecified atom stereocenters. The predicted octanol–water partition coefficient (Wildman–Crippen LogP) is 3.45. The molecule has 0 bridgehead atoms. The molecule has 118 valence electrons. The maximum atomic E-state index is 13.0. The van der Waals surface area contributed by atoms with E-state index in [9.17, 15) is 9.50 Å². The Morgan fingerprint density at radius 1 is 1.09 bits per heavy atom. The Morgan fingerprint density at radius 2 is 1.78 bits per heavy atom. The first kappa shape index (κ1) is 15.7. The smallest absolute Gasteiger partial charge is 0.191 e. The van der Waals surface area contributed by atoms with Gasteiger partial charge in [0.2, 0.25) is 0 Å². The molecule has 3 aromatic rings. The summed E-state index contributed by atoms with van der Waals surface area (Å²) in [5, 5.41) is 19.2. The zero-order chi connectivity index (χ0) is 16.2.